The summed E-state index contributed by atoms with van der Waals surface area (Å²) in [5.41, 5.74) is 2.65. The van der Waals surface area contributed by atoms with E-state index in [9.17, 15) is 4.79 Å². The second-order valence-electron chi connectivity index (χ2n) is 4.29. The first-order chi connectivity index (χ1) is 6.79. The van der Waals surface area contributed by atoms with Crippen LogP contribution in [-0.4, -0.2) is 11.1 Å². The number of aliphatic carboxylic acids is 1. The number of carbonyl (C=O) groups is 1. The molecule has 72 valence electrons. The lowest BCUT2D eigenvalue weighted by Gasteiger charge is -2.13. The molecule has 1 saturated carbocycles. The second kappa shape index (κ2) is 2.59. The number of aryl methyl sites for hydroxylation is 1. The van der Waals surface area contributed by atoms with Gasteiger partial charge in [0, 0.05) is 5.92 Å². The lowest BCUT2D eigenvalue weighted by molar-refractivity contribution is -0.138. The molecule has 2 nitrogen and oxygen atoms in total. The summed E-state index contributed by atoms with van der Waals surface area (Å²) in [6.07, 6.45) is 2.11. The average Bonchev–Trinajstić information content (AvgIpc) is 2.92. The number of benzene rings is 1. The van der Waals surface area contributed by atoms with E-state index >= 15 is 0 Å². The highest BCUT2D eigenvalue weighted by atomic mass is 16.4. The second-order valence-corrected chi connectivity index (χ2v) is 4.29. The minimum atomic E-state index is -0.614. The van der Waals surface area contributed by atoms with Crippen molar-refractivity contribution < 1.29 is 9.90 Å². The molecule has 1 aromatic rings. The Balaban J connectivity index is 2.00. The van der Waals surface area contributed by atoms with Crippen LogP contribution in [0.25, 0.3) is 0 Å². The number of carboxylic acids is 1. The Morgan fingerprint density at radius 3 is 2.93 bits per heavy atom. The third kappa shape index (κ3) is 0.939. The molecule has 0 radical (unpaired) electrons. The maximum Gasteiger partial charge on any atom is 0.307 e. The smallest absolute Gasteiger partial charge is 0.307 e. The number of carboxylic acid groups (broad SMARTS) is 1. The summed E-state index contributed by atoms with van der Waals surface area (Å²) in [5, 5.41) is 9.01. The Kier molecular flexibility index (Phi) is 1.49. The molecule has 3 rings (SSSR count). The van der Waals surface area contributed by atoms with Crippen LogP contribution in [0.4, 0.5) is 0 Å². The van der Waals surface area contributed by atoms with E-state index in [4.69, 9.17) is 5.11 Å². The van der Waals surface area contributed by atoms with Crippen molar-refractivity contribution in [2.45, 2.75) is 18.8 Å². The molecule has 1 N–H and O–H groups in total. The summed E-state index contributed by atoms with van der Waals surface area (Å²) in [4.78, 5) is 10.9. The van der Waals surface area contributed by atoms with Crippen LogP contribution >= 0.6 is 0 Å². The largest absolute Gasteiger partial charge is 0.481 e. The first kappa shape index (κ1) is 8.04. The summed E-state index contributed by atoms with van der Waals surface area (Å²) in [7, 11) is 0. The van der Waals surface area contributed by atoms with E-state index in [0.717, 1.165) is 12.8 Å². The monoisotopic (exact) mass is 188 g/mol. The maximum absolute atomic E-state index is 10.9. The number of hydrogen-bond donors (Lipinski definition) is 1. The lowest BCUT2D eigenvalue weighted by atomic mass is 9.92. The van der Waals surface area contributed by atoms with Gasteiger partial charge in [-0.2, -0.15) is 0 Å². The minimum absolute atomic E-state index is 0.0985. The average molecular weight is 188 g/mol. The molecule has 0 heterocycles. The number of rotatable bonds is 1. The van der Waals surface area contributed by atoms with Gasteiger partial charge in [0.2, 0.25) is 0 Å². The van der Waals surface area contributed by atoms with Crippen LogP contribution in [0.3, 0.4) is 0 Å². The topological polar surface area (TPSA) is 37.3 Å². The fraction of sp³-hybridized carbons (Fsp3) is 0.417. The van der Waals surface area contributed by atoms with Crippen LogP contribution in [0.1, 0.15) is 23.5 Å². The first-order valence-electron chi connectivity index (χ1n) is 5.09. The van der Waals surface area contributed by atoms with Gasteiger partial charge in [0.25, 0.3) is 0 Å². The third-order valence-electron chi connectivity index (χ3n) is 3.61. The van der Waals surface area contributed by atoms with Crippen molar-refractivity contribution in [3.8, 4) is 0 Å². The summed E-state index contributed by atoms with van der Waals surface area (Å²) in [6, 6.07) is 8.27. The van der Waals surface area contributed by atoms with E-state index in [1.54, 1.807) is 0 Å². The van der Waals surface area contributed by atoms with Gasteiger partial charge >= 0.3 is 5.97 Å². The predicted octanol–water partition coefficient (Wildman–Crippen LogP) is 2.05. The van der Waals surface area contributed by atoms with Crippen molar-refractivity contribution in [1.82, 2.24) is 0 Å². The first-order valence-corrected chi connectivity index (χ1v) is 5.09. The zero-order valence-electron chi connectivity index (χ0n) is 7.81. The minimum Gasteiger partial charge on any atom is -0.481 e. The summed E-state index contributed by atoms with van der Waals surface area (Å²) in [6.45, 7) is 0. The molecule has 0 aromatic heterocycles. The molecule has 1 aromatic carbocycles. The van der Waals surface area contributed by atoms with Crippen LogP contribution in [0.5, 0.6) is 0 Å². The van der Waals surface area contributed by atoms with Gasteiger partial charge < -0.3 is 5.11 Å². The van der Waals surface area contributed by atoms with Gasteiger partial charge in [-0.05, 0) is 29.9 Å². The van der Waals surface area contributed by atoms with Crippen molar-refractivity contribution in [1.29, 1.82) is 0 Å². The van der Waals surface area contributed by atoms with E-state index in [-0.39, 0.29) is 5.92 Å². The Bertz CT molecular complexity index is 397. The van der Waals surface area contributed by atoms with Crippen molar-refractivity contribution in [2.24, 2.45) is 11.8 Å². The maximum atomic E-state index is 10.9. The van der Waals surface area contributed by atoms with Gasteiger partial charge in [-0.15, -0.1) is 0 Å². The van der Waals surface area contributed by atoms with Crippen molar-refractivity contribution in [3.05, 3.63) is 35.4 Å². The Hall–Kier alpha value is -1.31. The summed E-state index contributed by atoms with van der Waals surface area (Å²) >= 11 is 0. The molecule has 0 unspecified atom stereocenters. The van der Waals surface area contributed by atoms with Gasteiger partial charge in [0.15, 0.2) is 0 Å². The highest BCUT2D eigenvalue weighted by molar-refractivity contribution is 5.76. The molecular formula is C12H12O2. The third-order valence-corrected chi connectivity index (χ3v) is 3.61. The quantitative estimate of drug-likeness (QED) is 0.732. The molecule has 2 heteroatoms. The Labute approximate surface area is 82.6 Å². The molecule has 3 atom stereocenters. The molecular weight excluding hydrogens is 176 g/mol. The van der Waals surface area contributed by atoms with E-state index in [2.05, 4.69) is 12.1 Å². The van der Waals surface area contributed by atoms with Gasteiger partial charge in [-0.3, -0.25) is 4.79 Å². The summed E-state index contributed by atoms with van der Waals surface area (Å²) < 4.78 is 0. The fourth-order valence-electron chi connectivity index (χ4n) is 2.90. The molecule has 2 aliphatic carbocycles. The molecule has 0 amide bonds. The zero-order valence-corrected chi connectivity index (χ0v) is 7.81. The molecule has 14 heavy (non-hydrogen) atoms. The standard InChI is InChI=1S/C12H12O2/c13-12(14)11-9-6-5-7-3-1-2-4-8(7)10(9)11/h1-4,9-11H,5-6H2,(H,13,14)/t9-,10+,11-/m1/s1. The Morgan fingerprint density at radius 1 is 1.36 bits per heavy atom. The van der Waals surface area contributed by atoms with Crippen LogP contribution < -0.4 is 0 Å². The lowest BCUT2D eigenvalue weighted by Crippen LogP contribution is -2.00. The van der Waals surface area contributed by atoms with Gasteiger partial charge in [0.05, 0.1) is 5.92 Å². The van der Waals surface area contributed by atoms with Crippen LogP contribution in [0.2, 0.25) is 0 Å². The van der Waals surface area contributed by atoms with Gasteiger partial charge in [0.1, 0.15) is 0 Å². The van der Waals surface area contributed by atoms with E-state index in [1.807, 2.05) is 12.1 Å². The van der Waals surface area contributed by atoms with Crippen LogP contribution in [-0.2, 0) is 11.2 Å². The SMILES string of the molecule is O=C(O)[C@@H]1[C@@H]2CCc3ccccc3[C@@H]21. The normalized spacial score (nSPS) is 33.0. The van der Waals surface area contributed by atoms with E-state index in [0.29, 0.717) is 11.8 Å². The fourth-order valence-corrected chi connectivity index (χ4v) is 2.90. The highest BCUT2D eigenvalue weighted by Gasteiger charge is 2.57. The molecule has 2 aliphatic rings. The van der Waals surface area contributed by atoms with Crippen molar-refractivity contribution >= 4 is 5.97 Å². The van der Waals surface area contributed by atoms with Crippen LogP contribution in [0, 0.1) is 11.8 Å². The van der Waals surface area contributed by atoms with Gasteiger partial charge in [-0.25, -0.2) is 0 Å². The van der Waals surface area contributed by atoms with Crippen LogP contribution in [0.15, 0.2) is 24.3 Å². The highest BCUT2D eigenvalue weighted by Crippen LogP contribution is 2.59. The molecule has 1 fully saturated rings. The van der Waals surface area contributed by atoms with E-state index < -0.39 is 5.97 Å². The predicted molar refractivity (Wildman–Crippen MR) is 52.1 cm³/mol. The van der Waals surface area contributed by atoms with Gasteiger partial charge in [-0.1, -0.05) is 24.3 Å². The zero-order chi connectivity index (χ0) is 9.71. The number of fused-ring (bicyclic) bond motifs is 3. The molecule has 0 bridgehead atoms. The number of hydrogen-bond acceptors (Lipinski definition) is 1. The molecule has 0 saturated heterocycles. The summed E-state index contributed by atoms with van der Waals surface area (Å²) in [5.74, 6) is 0.0233. The van der Waals surface area contributed by atoms with Crippen molar-refractivity contribution in [3.63, 3.8) is 0 Å². The molecule has 0 spiro atoms. The van der Waals surface area contributed by atoms with Crippen molar-refractivity contribution in [2.75, 3.05) is 0 Å². The Morgan fingerprint density at radius 2 is 2.14 bits per heavy atom. The van der Waals surface area contributed by atoms with E-state index in [1.165, 1.54) is 11.1 Å². The molecule has 0 aliphatic heterocycles.